The van der Waals surface area contributed by atoms with E-state index in [1.54, 1.807) is 18.5 Å². The van der Waals surface area contributed by atoms with Gasteiger partial charge in [-0.3, -0.25) is 4.79 Å². The van der Waals surface area contributed by atoms with Crippen LogP contribution in [0.5, 0.6) is 0 Å². The third-order valence-corrected chi connectivity index (χ3v) is 4.40. The van der Waals surface area contributed by atoms with Crippen molar-refractivity contribution in [2.45, 2.75) is 13.3 Å². The number of hydrogen-bond acceptors (Lipinski definition) is 8. The van der Waals surface area contributed by atoms with Crippen molar-refractivity contribution >= 4 is 28.3 Å². The highest BCUT2D eigenvalue weighted by atomic mass is 32.1. The van der Waals surface area contributed by atoms with E-state index in [-0.39, 0.29) is 5.91 Å². The zero-order valence-electron chi connectivity index (χ0n) is 13.0. The molecule has 0 aromatic carbocycles. The smallest absolute Gasteiger partial charge is 0.225 e. The highest BCUT2D eigenvalue weighted by Crippen LogP contribution is 2.14. The predicted octanol–water partition coefficient (Wildman–Crippen LogP) is 0.787. The van der Waals surface area contributed by atoms with Crippen LogP contribution >= 0.6 is 11.3 Å². The first-order valence-corrected chi connectivity index (χ1v) is 8.38. The van der Waals surface area contributed by atoms with Crippen LogP contribution in [0.2, 0.25) is 0 Å². The molecule has 3 rings (SSSR count). The summed E-state index contributed by atoms with van der Waals surface area (Å²) in [5.74, 6) is 0.889. The van der Waals surface area contributed by atoms with E-state index in [1.807, 2.05) is 11.8 Å². The zero-order valence-corrected chi connectivity index (χ0v) is 13.8. The lowest BCUT2D eigenvalue weighted by molar-refractivity contribution is -0.131. The molecule has 1 saturated heterocycles. The summed E-state index contributed by atoms with van der Waals surface area (Å²) in [4.78, 5) is 24.7. The number of carbonyl (C=O) groups excluding carboxylic acids is 1. The van der Waals surface area contributed by atoms with Gasteiger partial charge in [-0.05, 0) is 13.0 Å². The van der Waals surface area contributed by atoms with Crippen LogP contribution < -0.4 is 10.2 Å². The Labute approximate surface area is 138 Å². The number of anilines is 2. The van der Waals surface area contributed by atoms with E-state index >= 15 is 0 Å². The van der Waals surface area contributed by atoms with Crippen molar-refractivity contribution < 1.29 is 4.79 Å². The molecule has 0 saturated carbocycles. The number of amides is 1. The lowest BCUT2D eigenvalue weighted by Gasteiger charge is -2.34. The summed E-state index contributed by atoms with van der Waals surface area (Å²) in [6.45, 7) is 5.42. The number of aryl methyl sites for hydroxylation is 1. The van der Waals surface area contributed by atoms with Crippen molar-refractivity contribution in [3.8, 4) is 0 Å². The van der Waals surface area contributed by atoms with Crippen molar-refractivity contribution in [3.05, 3.63) is 23.5 Å². The lowest BCUT2D eigenvalue weighted by Crippen LogP contribution is -2.49. The van der Waals surface area contributed by atoms with Gasteiger partial charge in [0.2, 0.25) is 17.0 Å². The van der Waals surface area contributed by atoms with Gasteiger partial charge in [-0.2, -0.15) is 0 Å². The van der Waals surface area contributed by atoms with E-state index in [0.717, 1.165) is 29.2 Å². The molecule has 0 atom stereocenters. The standard InChI is InChI=1S/C14H19N7OS/c1-11-18-19-14(23-11)17-6-3-12(22)20-7-9-21(10-8-20)13-15-4-2-5-16-13/h2,4-5H,3,6-10H2,1H3,(H,17,19). The van der Waals surface area contributed by atoms with Gasteiger partial charge in [0, 0.05) is 51.5 Å². The van der Waals surface area contributed by atoms with Crippen LogP contribution in [0.25, 0.3) is 0 Å². The second-order valence-corrected chi connectivity index (χ2v) is 6.40. The Kier molecular flexibility index (Phi) is 4.96. The Morgan fingerprint density at radius 1 is 1.22 bits per heavy atom. The Morgan fingerprint density at radius 3 is 2.61 bits per heavy atom. The lowest BCUT2D eigenvalue weighted by atomic mass is 10.3. The summed E-state index contributed by atoms with van der Waals surface area (Å²) >= 11 is 1.49. The number of nitrogens with zero attached hydrogens (tertiary/aromatic N) is 6. The molecule has 1 aliphatic heterocycles. The van der Waals surface area contributed by atoms with Gasteiger partial charge in [0.05, 0.1) is 0 Å². The number of carbonyl (C=O) groups is 1. The minimum Gasteiger partial charge on any atom is -0.360 e. The first kappa shape index (κ1) is 15.6. The number of nitrogens with one attached hydrogen (secondary N) is 1. The van der Waals surface area contributed by atoms with Gasteiger partial charge in [-0.15, -0.1) is 10.2 Å². The minimum absolute atomic E-state index is 0.160. The van der Waals surface area contributed by atoms with Gasteiger partial charge in [-0.1, -0.05) is 11.3 Å². The van der Waals surface area contributed by atoms with Crippen LogP contribution in [0.4, 0.5) is 11.1 Å². The van der Waals surface area contributed by atoms with Gasteiger partial charge in [-0.25, -0.2) is 9.97 Å². The molecule has 0 unspecified atom stereocenters. The molecular weight excluding hydrogens is 314 g/mol. The van der Waals surface area contributed by atoms with Crippen LogP contribution in [0.1, 0.15) is 11.4 Å². The average molecular weight is 333 g/mol. The van der Waals surface area contributed by atoms with Crippen LogP contribution in [0.3, 0.4) is 0 Å². The Balaban J connectivity index is 1.41. The average Bonchev–Trinajstić information content (AvgIpc) is 3.01. The molecule has 122 valence electrons. The molecule has 0 radical (unpaired) electrons. The SMILES string of the molecule is Cc1nnc(NCCC(=O)N2CCN(c3ncccn3)CC2)s1. The van der Waals surface area contributed by atoms with E-state index in [0.29, 0.717) is 26.1 Å². The van der Waals surface area contributed by atoms with E-state index in [1.165, 1.54) is 11.3 Å². The Morgan fingerprint density at radius 2 is 1.96 bits per heavy atom. The first-order valence-electron chi connectivity index (χ1n) is 7.56. The molecule has 0 spiro atoms. The molecule has 9 heteroatoms. The van der Waals surface area contributed by atoms with Gasteiger partial charge in [0.15, 0.2) is 0 Å². The fourth-order valence-corrected chi connectivity index (χ4v) is 3.03. The molecule has 0 bridgehead atoms. The van der Waals surface area contributed by atoms with Crippen molar-refractivity contribution in [1.29, 1.82) is 0 Å². The third kappa shape index (κ3) is 4.13. The fraction of sp³-hybridized carbons (Fsp3) is 0.500. The minimum atomic E-state index is 0.160. The van der Waals surface area contributed by atoms with Crippen molar-refractivity contribution in [1.82, 2.24) is 25.1 Å². The fourth-order valence-electron chi connectivity index (χ4n) is 2.41. The molecule has 3 heterocycles. The Bertz CT molecular complexity index is 640. The van der Waals surface area contributed by atoms with E-state index in [2.05, 4.69) is 30.4 Å². The summed E-state index contributed by atoms with van der Waals surface area (Å²) in [6.07, 6.45) is 3.93. The van der Waals surface area contributed by atoms with Crippen LogP contribution in [-0.4, -0.2) is 63.7 Å². The monoisotopic (exact) mass is 333 g/mol. The second-order valence-electron chi connectivity index (χ2n) is 5.22. The molecule has 23 heavy (non-hydrogen) atoms. The maximum absolute atomic E-state index is 12.2. The van der Waals surface area contributed by atoms with Gasteiger partial charge in [0.25, 0.3) is 0 Å². The number of piperazine rings is 1. The highest BCUT2D eigenvalue weighted by molar-refractivity contribution is 7.15. The van der Waals surface area contributed by atoms with Crippen molar-refractivity contribution in [3.63, 3.8) is 0 Å². The highest BCUT2D eigenvalue weighted by Gasteiger charge is 2.22. The van der Waals surface area contributed by atoms with E-state index in [9.17, 15) is 4.79 Å². The van der Waals surface area contributed by atoms with Crippen LogP contribution in [-0.2, 0) is 4.79 Å². The van der Waals surface area contributed by atoms with Crippen LogP contribution in [0, 0.1) is 6.92 Å². The Hall–Kier alpha value is -2.29. The topological polar surface area (TPSA) is 87.1 Å². The summed E-state index contributed by atoms with van der Waals surface area (Å²) < 4.78 is 0. The molecule has 1 amide bonds. The number of hydrogen-bond donors (Lipinski definition) is 1. The van der Waals surface area contributed by atoms with E-state index in [4.69, 9.17) is 0 Å². The summed E-state index contributed by atoms with van der Waals surface area (Å²) in [5.41, 5.74) is 0. The van der Waals surface area contributed by atoms with Crippen LogP contribution in [0.15, 0.2) is 18.5 Å². The zero-order chi connectivity index (χ0) is 16.1. The normalized spacial score (nSPS) is 14.8. The number of aromatic nitrogens is 4. The van der Waals surface area contributed by atoms with Gasteiger partial charge >= 0.3 is 0 Å². The van der Waals surface area contributed by atoms with Crippen molar-refractivity contribution in [2.24, 2.45) is 0 Å². The van der Waals surface area contributed by atoms with Gasteiger partial charge < -0.3 is 15.1 Å². The second kappa shape index (κ2) is 7.32. The predicted molar refractivity (Wildman–Crippen MR) is 88.6 cm³/mol. The summed E-state index contributed by atoms with van der Waals surface area (Å²) in [5, 5.41) is 12.7. The molecule has 1 fully saturated rings. The maximum atomic E-state index is 12.2. The molecule has 2 aromatic heterocycles. The molecule has 1 aliphatic rings. The molecule has 1 N–H and O–H groups in total. The van der Waals surface area contributed by atoms with Gasteiger partial charge in [0.1, 0.15) is 5.01 Å². The van der Waals surface area contributed by atoms with E-state index < -0.39 is 0 Å². The summed E-state index contributed by atoms with van der Waals surface area (Å²) in [6, 6.07) is 1.80. The largest absolute Gasteiger partial charge is 0.360 e. The van der Waals surface area contributed by atoms with Crippen molar-refractivity contribution in [2.75, 3.05) is 42.9 Å². The molecular formula is C14H19N7OS. The quantitative estimate of drug-likeness (QED) is 0.865. The maximum Gasteiger partial charge on any atom is 0.225 e. The molecule has 8 nitrogen and oxygen atoms in total. The molecule has 0 aliphatic carbocycles. The molecule has 2 aromatic rings. The third-order valence-electron chi connectivity index (χ3n) is 3.61. The summed E-state index contributed by atoms with van der Waals surface area (Å²) in [7, 11) is 0. The first-order chi connectivity index (χ1) is 11.2. The number of rotatable bonds is 5.